The van der Waals surface area contributed by atoms with Gasteiger partial charge in [0.25, 0.3) is 0 Å². The summed E-state index contributed by atoms with van der Waals surface area (Å²) < 4.78 is 4.79. The maximum absolute atomic E-state index is 11.5. The van der Waals surface area contributed by atoms with Crippen LogP contribution >= 0.6 is 0 Å². The molecule has 0 aliphatic rings. The number of carbonyl (C=O) groups excluding carboxylic acids is 1. The SMILES string of the molecule is O=C(O)c1cncc(OC(=O)c2ncccn2)n1. The van der Waals surface area contributed by atoms with Crippen LogP contribution in [0.15, 0.2) is 30.9 Å². The van der Waals surface area contributed by atoms with Crippen LogP contribution in [0.2, 0.25) is 0 Å². The second-order valence-electron chi connectivity index (χ2n) is 3.01. The fraction of sp³-hybridized carbons (Fsp3) is 0. The lowest BCUT2D eigenvalue weighted by atomic mass is 10.4. The molecule has 2 rings (SSSR count). The van der Waals surface area contributed by atoms with E-state index in [0.29, 0.717) is 0 Å². The largest absolute Gasteiger partial charge is 0.476 e. The zero-order valence-electron chi connectivity index (χ0n) is 8.85. The third kappa shape index (κ3) is 2.61. The Morgan fingerprint density at radius 3 is 2.56 bits per heavy atom. The van der Waals surface area contributed by atoms with Crippen molar-refractivity contribution in [3.8, 4) is 5.88 Å². The summed E-state index contributed by atoms with van der Waals surface area (Å²) in [6.07, 6.45) is 4.91. The molecule has 0 amide bonds. The number of carboxylic acids is 1. The number of aromatic carboxylic acids is 1. The molecule has 2 aromatic rings. The van der Waals surface area contributed by atoms with Gasteiger partial charge in [-0.15, -0.1) is 0 Å². The Kier molecular flexibility index (Phi) is 3.19. The Labute approximate surface area is 100 Å². The predicted octanol–water partition coefficient (Wildman–Crippen LogP) is 0.184. The van der Waals surface area contributed by atoms with Gasteiger partial charge in [-0.05, 0) is 6.07 Å². The molecule has 18 heavy (non-hydrogen) atoms. The van der Waals surface area contributed by atoms with Gasteiger partial charge in [-0.3, -0.25) is 4.98 Å². The molecule has 0 aromatic carbocycles. The average Bonchev–Trinajstić information content (AvgIpc) is 2.40. The van der Waals surface area contributed by atoms with Crippen molar-refractivity contribution in [2.45, 2.75) is 0 Å². The number of hydrogen-bond donors (Lipinski definition) is 1. The van der Waals surface area contributed by atoms with E-state index >= 15 is 0 Å². The molecule has 0 bridgehead atoms. The maximum atomic E-state index is 11.5. The standard InChI is InChI=1S/C10H6N4O4/c15-9(16)6-4-11-5-7(14-6)18-10(17)8-12-2-1-3-13-8/h1-5H,(H,15,16). The van der Waals surface area contributed by atoms with E-state index in [1.807, 2.05) is 0 Å². The van der Waals surface area contributed by atoms with E-state index in [1.54, 1.807) is 6.07 Å². The van der Waals surface area contributed by atoms with E-state index in [-0.39, 0.29) is 17.4 Å². The fourth-order valence-corrected chi connectivity index (χ4v) is 1.05. The molecule has 8 nitrogen and oxygen atoms in total. The first-order chi connectivity index (χ1) is 8.66. The molecule has 2 heterocycles. The third-order valence-electron chi connectivity index (χ3n) is 1.78. The van der Waals surface area contributed by atoms with Gasteiger partial charge in [-0.25, -0.2) is 24.5 Å². The molecule has 0 saturated heterocycles. The van der Waals surface area contributed by atoms with Crippen molar-refractivity contribution in [1.29, 1.82) is 0 Å². The molecule has 0 aliphatic carbocycles. The number of hydrogen-bond acceptors (Lipinski definition) is 7. The molecular weight excluding hydrogens is 240 g/mol. The zero-order chi connectivity index (χ0) is 13.0. The summed E-state index contributed by atoms with van der Waals surface area (Å²) in [5.41, 5.74) is -0.325. The first kappa shape index (κ1) is 11.6. The van der Waals surface area contributed by atoms with Crippen molar-refractivity contribution in [2.24, 2.45) is 0 Å². The highest BCUT2D eigenvalue weighted by Crippen LogP contribution is 2.06. The molecule has 2 aromatic heterocycles. The van der Waals surface area contributed by atoms with Gasteiger partial charge in [0.2, 0.25) is 11.7 Å². The third-order valence-corrected chi connectivity index (χ3v) is 1.78. The summed E-state index contributed by atoms with van der Waals surface area (Å²) in [5, 5.41) is 8.69. The Balaban J connectivity index is 2.17. The second kappa shape index (κ2) is 4.95. The molecule has 0 saturated carbocycles. The van der Waals surface area contributed by atoms with Crippen LogP contribution in [0.5, 0.6) is 5.88 Å². The quantitative estimate of drug-likeness (QED) is 0.762. The van der Waals surface area contributed by atoms with E-state index in [4.69, 9.17) is 9.84 Å². The summed E-state index contributed by atoms with van der Waals surface area (Å²) >= 11 is 0. The van der Waals surface area contributed by atoms with Crippen LogP contribution in [0.3, 0.4) is 0 Å². The number of carbonyl (C=O) groups is 2. The summed E-state index contributed by atoms with van der Waals surface area (Å²) in [7, 11) is 0. The van der Waals surface area contributed by atoms with Crippen LogP contribution in [-0.4, -0.2) is 37.0 Å². The van der Waals surface area contributed by atoms with Gasteiger partial charge in [0.15, 0.2) is 5.69 Å². The molecule has 1 N–H and O–H groups in total. The second-order valence-corrected chi connectivity index (χ2v) is 3.01. The number of aromatic nitrogens is 4. The van der Waals surface area contributed by atoms with Gasteiger partial charge in [0, 0.05) is 12.4 Å². The van der Waals surface area contributed by atoms with Crippen molar-refractivity contribution in [3.05, 3.63) is 42.4 Å². The molecule has 0 radical (unpaired) electrons. The minimum Gasteiger partial charge on any atom is -0.476 e. The Morgan fingerprint density at radius 2 is 1.89 bits per heavy atom. The van der Waals surface area contributed by atoms with Gasteiger partial charge in [-0.2, -0.15) is 0 Å². The minimum absolute atomic E-state index is 0.153. The first-order valence-electron chi connectivity index (χ1n) is 4.71. The maximum Gasteiger partial charge on any atom is 0.383 e. The molecule has 0 fully saturated rings. The van der Waals surface area contributed by atoms with E-state index < -0.39 is 11.9 Å². The smallest absolute Gasteiger partial charge is 0.383 e. The Hall–Kier alpha value is -2.90. The van der Waals surface area contributed by atoms with Crippen molar-refractivity contribution in [3.63, 3.8) is 0 Å². The van der Waals surface area contributed by atoms with Crippen LogP contribution in [0.25, 0.3) is 0 Å². The Morgan fingerprint density at radius 1 is 1.17 bits per heavy atom. The zero-order valence-corrected chi connectivity index (χ0v) is 8.85. The number of esters is 1. The molecule has 90 valence electrons. The fourth-order valence-electron chi connectivity index (χ4n) is 1.05. The van der Waals surface area contributed by atoms with Crippen molar-refractivity contribution >= 4 is 11.9 Å². The van der Waals surface area contributed by atoms with Gasteiger partial charge in [0.05, 0.1) is 12.4 Å². The van der Waals surface area contributed by atoms with Crippen LogP contribution in [0, 0.1) is 0 Å². The van der Waals surface area contributed by atoms with Crippen molar-refractivity contribution in [1.82, 2.24) is 19.9 Å². The average molecular weight is 246 g/mol. The number of ether oxygens (including phenoxy) is 1. The van der Waals surface area contributed by atoms with Gasteiger partial charge in [0.1, 0.15) is 0 Å². The Bertz CT molecular complexity index is 587. The highest BCUT2D eigenvalue weighted by molar-refractivity contribution is 5.87. The highest BCUT2D eigenvalue weighted by Gasteiger charge is 2.14. The van der Waals surface area contributed by atoms with Crippen LogP contribution in [0.4, 0.5) is 0 Å². The molecule has 0 atom stereocenters. The van der Waals surface area contributed by atoms with E-state index in [9.17, 15) is 9.59 Å². The van der Waals surface area contributed by atoms with Gasteiger partial charge >= 0.3 is 11.9 Å². The summed E-state index contributed by atoms with van der Waals surface area (Å²) in [4.78, 5) is 36.7. The van der Waals surface area contributed by atoms with Crippen molar-refractivity contribution < 1.29 is 19.4 Å². The molecular formula is C10H6N4O4. The van der Waals surface area contributed by atoms with Crippen molar-refractivity contribution in [2.75, 3.05) is 0 Å². The normalized spacial score (nSPS) is 9.78. The number of carboxylic acid groups (broad SMARTS) is 1. The molecule has 8 heteroatoms. The predicted molar refractivity (Wildman–Crippen MR) is 56.0 cm³/mol. The monoisotopic (exact) mass is 246 g/mol. The van der Waals surface area contributed by atoms with Gasteiger partial charge < -0.3 is 9.84 Å². The van der Waals surface area contributed by atoms with Crippen LogP contribution in [0.1, 0.15) is 21.1 Å². The summed E-state index contributed by atoms with van der Waals surface area (Å²) in [6, 6.07) is 1.54. The van der Waals surface area contributed by atoms with E-state index in [1.165, 1.54) is 12.4 Å². The van der Waals surface area contributed by atoms with Gasteiger partial charge in [-0.1, -0.05) is 0 Å². The van der Waals surface area contributed by atoms with E-state index in [0.717, 1.165) is 12.4 Å². The van der Waals surface area contributed by atoms with E-state index in [2.05, 4.69) is 19.9 Å². The van der Waals surface area contributed by atoms with Crippen LogP contribution in [-0.2, 0) is 0 Å². The number of nitrogens with zero attached hydrogens (tertiary/aromatic N) is 4. The lowest BCUT2D eigenvalue weighted by Crippen LogP contribution is -2.14. The minimum atomic E-state index is -1.27. The topological polar surface area (TPSA) is 115 Å². The highest BCUT2D eigenvalue weighted by atomic mass is 16.5. The summed E-state index contributed by atoms with van der Waals surface area (Å²) in [6.45, 7) is 0. The molecule has 0 unspecified atom stereocenters. The summed E-state index contributed by atoms with van der Waals surface area (Å²) in [5.74, 6) is -2.49. The molecule has 0 spiro atoms. The molecule has 0 aliphatic heterocycles. The van der Waals surface area contributed by atoms with Crippen LogP contribution < -0.4 is 4.74 Å². The first-order valence-corrected chi connectivity index (χ1v) is 4.71. The lowest BCUT2D eigenvalue weighted by molar-refractivity contribution is 0.0671. The lowest BCUT2D eigenvalue weighted by Gasteiger charge is -2.01. The number of rotatable bonds is 3.